The lowest BCUT2D eigenvalue weighted by Gasteiger charge is -2.45. The molecule has 1 aromatic rings. The molecule has 0 aliphatic heterocycles. The first-order valence-electron chi connectivity index (χ1n) is 14.1. The van der Waals surface area contributed by atoms with Crippen molar-refractivity contribution in [2.45, 2.75) is 116 Å². The van der Waals surface area contributed by atoms with Gasteiger partial charge in [0.05, 0.1) is 12.7 Å². The molecule has 180 valence electrons. The molecule has 0 N–H and O–H groups in total. The number of unbranched alkanes of at least 4 members (excludes halogenated alkanes) is 4. The summed E-state index contributed by atoms with van der Waals surface area (Å²) in [4.78, 5) is 0. The predicted molar refractivity (Wildman–Crippen MR) is 134 cm³/mol. The molecule has 0 spiro atoms. The minimum Gasteiger partial charge on any atom is -0.494 e. The number of hydrogen-bond acceptors (Lipinski definition) is 2. The van der Waals surface area contributed by atoms with Gasteiger partial charge in [-0.05, 0) is 118 Å². The van der Waals surface area contributed by atoms with Crippen molar-refractivity contribution in [3.05, 3.63) is 29.3 Å². The Bertz CT molecular complexity index is 683. The molecule has 0 amide bonds. The maximum Gasteiger partial charge on any atom is 0.119 e. The SMILES string of the molecule is CCCCCCOC1CCC2CC(C3CCc4cc(OCCCC)ccc4C3)CCC2C1. The average molecular weight is 441 g/mol. The van der Waals surface area contributed by atoms with Crippen molar-refractivity contribution in [1.29, 1.82) is 0 Å². The molecule has 0 radical (unpaired) electrons. The second-order valence-corrected chi connectivity index (χ2v) is 11.1. The molecule has 0 heterocycles. The van der Waals surface area contributed by atoms with Crippen LogP contribution in [0.1, 0.15) is 108 Å². The highest BCUT2D eigenvalue weighted by Gasteiger charge is 2.38. The standard InChI is InChI=1S/C30H48O2/c1-3-5-7-8-18-32-30-16-14-26-20-24(10-12-28(26)22-30)23-9-11-27-21-29(31-17-6-4-2)15-13-25(27)19-23/h13,15,21,23-24,26,28,30H,3-12,14,16-20,22H2,1-2H3. The van der Waals surface area contributed by atoms with Gasteiger partial charge in [0.2, 0.25) is 0 Å². The number of ether oxygens (including phenoxy) is 2. The topological polar surface area (TPSA) is 18.5 Å². The Morgan fingerprint density at radius 2 is 1.50 bits per heavy atom. The number of aryl methyl sites for hydroxylation is 1. The molecule has 0 bridgehead atoms. The first kappa shape index (κ1) is 24.1. The van der Waals surface area contributed by atoms with E-state index in [0.717, 1.165) is 49.1 Å². The summed E-state index contributed by atoms with van der Waals surface area (Å²) < 4.78 is 12.2. The highest BCUT2D eigenvalue weighted by atomic mass is 16.5. The molecule has 3 aliphatic rings. The van der Waals surface area contributed by atoms with Crippen LogP contribution in [-0.4, -0.2) is 19.3 Å². The minimum absolute atomic E-state index is 0.560. The predicted octanol–water partition coefficient (Wildman–Crippen LogP) is 8.15. The summed E-state index contributed by atoms with van der Waals surface area (Å²) in [6.45, 7) is 6.36. The lowest BCUT2D eigenvalue weighted by Crippen LogP contribution is -2.37. The lowest BCUT2D eigenvalue weighted by molar-refractivity contribution is -0.0250. The van der Waals surface area contributed by atoms with E-state index in [2.05, 4.69) is 32.0 Å². The van der Waals surface area contributed by atoms with Gasteiger partial charge in [-0.2, -0.15) is 0 Å². The maximum atomic E-state index is 6.29. The fourth-order valence-electron chi connectivity index (χ4n) is 6.83. The molecule has 2 heteroatoms. The van der Waals surface area contributed by atoms with Gasteiger partial charge in [-0.15, -0.1) is 0 Å². The second-order valence-electron chi connectivity index (χ2n) is 11.1. The van der Waals surface area contributed by atoms with Gasteiger partial charge in [-0.3, -0.25) is 0 Å². The Morgan fingerprint density at radius 1 is 0.719 bits per heavy atom. The van der Waals surface area contributed by atoms with E-state index in [-0.39, 0.29) is 0 Å². The number of hydrogen-bond donors (Lipinski definition) is 0. The van der Waals surface area contributed by atoms with Crippen molar-refractivity contribution in [2.24, 2.45) is 23.7 Å². The third-order valence-corrected chi connectivity index (χ3v) is 8.83. The van der Waals surface area contributed by atoms with Gasteiger partial charge in [-0.25, -0.2) is 0 Å². The smallest absolute Gasteiger partial charge is 0.119 e. The summed E-state index contributed by atoms with van der Waals surface area (Å²) in [7, 11) is 0. The number of benzene rings is 1. The quantitative estimate of drug-likeness (QED) is 0.323. The van der Waals surface area contributed by atoms with E-state index in [1.54, 1.807) is 11.1 Å². The fraction of sp³-hybridized carbons (Fsp3) is 0.800. The van der Waals surface area contributed by atoms with Crippen LogP contribution in [0.2, 0.25) is 0 Å². The zero-order valence-corrected chi connectivity index (χ0v) is 21.0. The van der Waals surface area contributed by atoms with E-state index in [1.165, 1.54) is 89.9 Å². The van der Waals surface area contributed by atoms with Crippen LogP contribution in [-0.2, 0) is 17.6 Å². The van der Waals surface area contributed by atoms with Gasteiger partial charge in [-0.1, -0.05) is 45.6 Å². The first-order chi connectivity index (χ1) is 15.8. The van der Waals surface area contributed by atoms with Crippen LogP contribution < -0.4 is 4.74 Å². The van der Waals surface area contributed by atoms with Crippen molar-refractivity contribution in [3.63, 3.8) is 0 Å². The van der Waals surface area contributed by atoms with Crippen LogP contribution in [0, 0.1) is 23.7 Å². The monoisotopic (exact) mass is 440 g/mol. The van der Waals surface area contributed by atoms with Crippen LogP contribution in [0.15, 0.2) is 18.2 Å². The number of fused-ring (bicyclic) bond motifs is 2. The molecule has 3 aliphatic carbocycles. The summed E-state index contributed by atoms with van der Waals surface area (Å²) in [5.74, 6) is 4.86. The molecule has 2 saturated carbocycles. The third-order valence-electron chi connectivity index (χ3n) is 8.83. The lowest BCUT2D eigenvalue weighted by atomic mass is 9.62. The van der Waals surface area contributed by atoms with Gasteiger partial charge in [0.15, 0.2) is 0 Å². The molecule has 32 heavy (non-hydrogen) atoms. The largest absolute Gasteiger partial charge is 0.494 e. The third kappa shape index (κ3) is 6.52. The zero-order valence-electron chi connectivity index (χ0n) is 21.0. The molecule has 5 unspecified atom stereocenters. The molecule has 0 saturated heterocycles. The molecular weight excluding hydrogens is 392 g/mol. The molecular formula is C30H48O2. The van der Waals surface area contributed by atoms with Crippen LogP contribution in [0.25, 0.3) is 0 Å². The van der Waals surface area contributed by atoms with Crippen molar-refractivity contribution in [3.8, 4) is 5.75 Å². The van der Waals surface area contributed by atoms with Crippen molar-refractivity contribution >= 4 is 0 Å². The van der Waals surface area contributed by atoms with Crippen LogP contribution >= 0.6 is 0 Å². The molecule has 4 rings (SSSR count). The van der Waals surface area contributed by atoms with Crippen LogP contribution in [0.3, 0.4) is 0 Å². The highest BCUT2D eigenvalue weighted by molar-refractivity contribution is 5.37. The van der Waals surface area contributed by atoms with Gasteiger partial charge in [0.25, 0.3) is 0 Å². The first-order valence-corrected chi connectivity index (χ1v) is 14.1. The maximum absolute atomic E-state index is 6.29. The summed E-state index contributed by atoms with van der Waals surface area (Å²) in [6, 6.07) is 6.93. The Morgan fingerprint density at radius 3 is 2.34 bits per heavy atom. The summed E-state index contributed by atoms with van der Waals surface area (Å²) in [5, 5.41) is 0. The van der Waals surface area contributed by atoms with Gasteiger partial charge >= 0.3 is 0 Å². The Kier molecular flexibility index (Phi) is 9.38. The van der Waals surface area contributed by atoms with E-state index in [9.17, 15) is 0 Å². The summed E-state index contributed by atoms with van der Waals surface area (Å²) in [6.07, 6.45) is 20.6. The molecule has 2 fully saturated rings. The summed E-state index contributed by atoms with van der Waals surface area (Å²) >= 11 is 0. The van der Waals surface area contributed by atoms with E-state index in [4.69, 9.17) is 9.47 Å². The molecule has 1 aromatic carbocycles. The highest BCUT2D eigenvalue weighted by Crippen LogP contribution is 2.47. The Hall–Kier alpha value is -1.02. The Labute approximate surface area is 197 Å². The van der Waals surface area contributed by atoms with Gasteiger partial charge < -0.3 is 9.47 Å². The van der Waals surface area contributed by atoms with Crippen molar-refractivity contribution in [2.75, 3.05) is 13.2 Å². The molecule has 2 nitrogen and oxygen atoms in total. The normalized spacial score (nSPS) is 29.9. The molecule has 5 atom stereocenters. The zero-order chi connectivity index (χ0) is 22.2. The van der Waals surface area contributed by atoms with Gasteiger partial charge in [0.1, 0.15) is 5.75 Å². The van der Waals surface area contributed by atoms with Crippen LogP contribution in [0.4, 0.5) is 0 Å². The minimum atomic E-state index is 0.560. The summed E-state index contributed by atoms with van der Waals surface area (Å²) in [5.41, 5.74) is 3.16. The molecule has 0 aromatic heterocycles. The van der Waals surface area contributed by atoms with Gasteiger partial charge in [0, 0.05) is 6.61 Å². The second kappa shape index (κ2) is 12.4. The Balaban J connectivity index is 1.22. The average Bonchev–Trinajstić information content (AvgIpc) is 2.83. The van der Waals surface area contributed by atoms with E-state index in [0.29, 0.717) is 6.10 Å². The van der Waals surface area contributed by atoms with E-state index >= 15 is 0 Å². The van der Waals surface area contributed by atoms with Crippen molar-refractivity contribution < 1.29 is 9.47 Å². The van der Waals surface area contributed by atoms with E-state index < -0.39 is 0 Å². The van der Waals surface area contributed by atoms with Crippen LogP contribution in [0.5, 0.6) is 5.75 Å². The fourth-order valence-corrected chi connectivity index (χ4v) is 6.83. The number of rotatable bonds is 11. The van der Waals surface area contributed by atoms with Crippen molar-refractivity contribution in [1.82, 2.24) is 0 Å². The van der Waals surface area contributed by atoms with E-state index in [1.807, 2.05) is 0 Å².